The van der Waals surface area contributed by atoms with Crippen molar-refractivity contribution in [3.63, 3.8) is 0 Å². The molecular formula is C17H20ClNO3S. The molecule has 4 nitrogen and oxygen atoms in total. The molecule has 1 N–H and O–H groups in total. The summed E-state index contributed by atoms with van der Waals surface area (Å²) in [5, 5.41) is 0.502. The third-order valence-electron chi connectivity index (χ3n) is 3.65. The first-order valence-corrected chi connectivity index (χ1v) is 9.16. The van der Waals surface area contributed by atoms with Crippen LogP contribution in [0.1, 0.15) is 30.5 Å². The molecule has 0 amide bonds. The highest BCUT2D eigenvalue weighted by Gasteiger charge is 2.20. The van der Waals surface area contributed by atoms with Crippen molar-refractivity contribution >= 4 is 21.6 Å². The Hall–Kier alpha value is -1.56. The molecule has 0 saturated carbocycles. The van der Waals surface area contributed by atoms with E-state index in [2.05, 4.69) is 4.72 Å². The van der Waals surface area contributed by atoms with Gasteiger partial charge < -0.3 is 4.74 Å². The lowest BCUT2D eigenvalue weighted by molar-refractivity contribution is 0.411. The van der Waals surface area contributed by atoms with Crippen LogP contribution in [0.25, 0.3) is 0 Å². The molecule has 0 saturated heterocycles. The van der Waals surface area contributed by atoms with E-state index < -0.39 is 10.0 Å². The van der Waals surface area contributed by atoms with Crippen molar-refractivity contribution in [2.75, 3.05) is 7.11 Å². The average Bonchev–Trinajstić information content (AvgIpc) is 2.53. The van der Waals surface area contributed by atoms with Crippen molar-refractivity contribution in [2.45, 2.75) is 31.2 Å². The van der Waals surface area contributed by atoms with Crippen LogP contribution in [-0.4, -0.2) is 15.5 Å². The highest BCUT2D eigenvalue weighted by atomic mass is 35.5. The molecule has 0 aliphatic carbocycles. The first-order chi connectivity index (χ1) is 10.9. The molecule has 0 heterocycles. The van der Waals surface area contributed by atoms with Crippen molar-refractivity contribution < 1.29 is 13.2 Å². The van der Waals surface area contributed by atoms with Crippen LogP contribution in [0.15, 0.2) is 47.4 Å². The second kappa shape index (κ2) is 7.34. The number of aryl methyl sites for hydroxylation is 1. The van der Waals surface area contributed by atoms with Crippen LogP contribution >= 0.6 is 11.6 Å². The molecule has 2 rings (SSSR count). The van der Waals surface area contributed by atoms with Gasteiger partial charge in [-0.05, 0) is 54.8 Å². The second-order valence-corrected chi connectivity index (χ2v) is 7.42. The van der Waals surface area contributed by atoms with Crippen molar-refractivity contribution in [2.24, 2.45) is 0 Å². The first kappa shape index (κ1) is 17.8. The number of benzene rings is 2. The molecular weight excluding hydrogens is 334 g/mol. The van der Waals surface area contributed by atoms with E-state index in [1.807, 2.05) is 32.0 Å². The van der Waals surface area contributed by atoms with Gasteiger partial charge in [0, 0.05) is 11.1 Å². The van der Waals surface area contributed by atoms with Gasteiger partial charge in [-0.3, -0.25) is 0 Å². The molecule has 23 heavy (non-hydrogen) atoms. The number of nitrogens with one attached hydrogen (secondary N) is 1. The molecule has 0 aliphatic heterocycles. The highest BCUT2D eigenvalue weighted by molar-refractivity contribution is 7.89. The zero-order valence-electron chi connectivity index (χ0n) is 13.3. The minimum Gasteiger partial charge on any atom is -0.496 e. The predicted octanol–water partition coefficient (Wildman–Crippen LogP) is 4.09. The van der Waals surface area contributed by atoms with Gasteiger partial charge in [0.25, 0.3) is 0 Å². The van der Waals surface area contributed by atoms with Crippen molar-refractivity contribution in [3.8, 4) is 5.75 Å². The fourth-order valence-electron chi connectivity index (χ4n) is 2.37. The Morgan fingerprint density at radius 3 is 2.35 bits per heavy atom. The number of methoxy groups -OCH3 is 1. The number of hydrogen-bond donors (Lipinski definition) is 1. The maximum Gasteiger partial charge on any atom is 0.241 e. The van der Waals surface area contributed by atoms with E-state index in [0.29, 0.717) is 11.4 Å². The van der Waals surface area contributed by atoms with Crippen molar-refractivity contribution in [1.29, 1.82) is 0 Å². The topological polar surface area (TPSA) is 55.4 Å². The number of hydrogen-bond acceptors (Lipinski definition) is 3. The van der Waals surface area contributed by atoms with Crippen molar-refractivity contribution in [1.82, 2.24) is 4.72 Å². The van der Waals surface area contributed by atoms with Gasteiger partial charge in [0.15, 0.2) is 0 Å². The zero-order valence-corrected chi connectivity index (χ0v) is 14.9. The summed E-state index contributed by atoms with van der Waals surface area (Å²) in [5.74, 6) is 0.782. The summed E-state index contributed by atoms with van der Waals surface area (Å²) in [6.07, 6.45) is 0.637. The lowest BCUT2D eigenvalue weighted by Crippen LogP contribution is -2.28. The van der Waals surface area contributed by atoms with Crippen LogP contribution in [0.4, 0.5) is 0 Å². The van der Waals surface area contributed by atoms with Crippen LogP contribution in [0, 0.1) is 6.92 Å². The number of sulfonamides is 1. The van der Waals surface area contributed by atoms with Crippen LogP contribution < -0.4 is 9.46 Å². The number of ether oxygens (including phenoxy) is 1. The van der Waals surface area contributed by atoms with E-state index in [-0.39, 0.29) is 10.9 Å². The molecule has 6 heteroatoms. The van der Waals surface area contributed by atoms with Gasteiger partial charge in [-0.25, -0.2) is 13.1 Å². The van der Waals surface area contributed by atoms with E-state index >= 15 is 0 Å². The summed E-state index contributed by atoms with van der Waals surface area (Å²) in [7, 11) is -1.99. The highest BCUT2D eigenvalue weighted by Crippen LogP contribution is 2.26. The summed E-state index contributed by atoms with van der Waals surface area (Å²) in [6, 6.07) is 11.5. The molecule has 0 spiro atoms. The molecule has 1 unspecified atom stereocenters. The summed E-state index contributed by atoms with van der Waals surface area (Å²) in [4.78, 5) is 0.200. The summed E-state index contributed by atoms with van der Waals surface area (Å²) in [6.45, 7) is 3.87. The lowest BCUT2D eigenvalue weighted by atomic mass is 10.0. The summed E-state index contributed by atoms with van der Waals surface area (Å²) < 4.78 is 33.0. The van der Waals surface area contributed by atoms with Gasteiger partial charge in [-0.2, -0.15) is 0 Å². The quantitative estimate of drug-likeness (QED) is 0.851. The van der Waals surface area contributed by atoms with Crippen LogP contribution in [0.3, 0.4) is 0 Å². The Bertz CT molecular complexity index is 773. The number of rotatable bonds is 6. The van der Waals surface area contributed by atoms with Crippen LogP contribution in [0.2, 0.25) is 5.02 Å². The van der Waals surface area contributed by atoms with E-state index in [0.717, 1.165) is 16.9 Å². The normalized spacial score (nSPS) is 12.9. The Morgan fingerprint density at radius 2 is 1.83 bits per heavy atom. The molecule has 0 aromatic heterocycles. The van der Waals surface area contributed by atoms with Crippen molar-refractivity contribution in [3.05, 3.63) is 58.6 Å². The zero-order chi connectivity index (χ0) is 17.0. The first-order valence-electron chi connectivity index (χ1n) is 7.30. The Labute approximate surface area is 142 Å². The summed E-state index contributed by atoms with van der Waals surface area (Å²) >= 11 is 5.81. The molecule has 0 radical (unpaired) electrons. The van der Waals surface area contributed by atoms with Crippen LogP contribution in [0.5, 0.6) is 5.75 Å². The van der Waals surface area contributed by atoms with Gasteiger partial charge in [0.05, 0.1) is 12.0 Å². The maximum absolute atomic E-state index is 12.5. The number of halogens is 1. The fourth-order valence-corrected chi connectivity index (χ4v) is 3.81. The third-order valence-corrected chi connectivity index (χ3v) is 5.39. The maximum atomic E-state index is 12.5. The SMILES string of the molecule is CCC(NS(=O)(=O)c1ccc(Cl)cc1)c1ccc(OC)c(C)c1. The van der Waals surface area contributed by atoms with Gasteiger partial charge >= 0.3 is 0 Å². The Morgan fingerprint density at radius 1 is 1.17 bits per heavy atom. The third kappa shape index (κ3) is 4.25. The molecule has 2 aromatic rings. The van der Waals surface area contributed by atoms with E-state index in [1.54, 1.807) is 19.2 Å². The smallest absolute Gasteiger partial charge is 0.241 e. The van der Waals surface area contributed by atoms with Gasteiger partial charge in [-0.1, -0.05) is 30.7 Å². The van der Waals surface area contributed by atoms with Gasteiger partial charge in [0.2, 0.25) is 10.0 Å². The molecule has 0 aliphatic rings. The molecule has 1 atom stereocenters. The average molecular weight is 354 g/mol. The van der Waals surface area contributed by atoms with E-state index in [4.69, 9.17) is 16.3 Å². The van der Waals surface area contributed by atoms with E-state index in [9.17, 15) is 8.42 Å². The van der Waals surface area contributed by atoms with Gasteiger partial charge in [0.1, 0.15) is 5.75 Å². The van der Waals surface area contributed by atoms with Crippen LogP contribution in [-0.2, 0) is 10.0 Å². The molecule has 0 fully saturated rings. The Kier molecular flexibility index (Phi) is 5.68. The molecule has 124 valence electrons. The van der Waals surface area contributed by atoms with Gasteiger partial charge in [-0.15, -0.1) is 0 Å². The Balaban J connectivity index is 2.28. The lowest BCUT2D eigenvalue weighted by Gasteiger charge is -2.19. The minimum atomic E-state index is -3.60. The summed E-state index contributed by atoms with van der Waals surface area (Å²) in [5.41, 5.74) is 1.87. The fraction of sp³-hybridized carbons (Fsp3) is 0.294. The standard InChI is InChI=1S/C17H20ClNO3S/c1-4-16(13-5-10-17(22-3)12(2)11-13)19-23(20,21)15-8-6-14(18)7-9-15/h5-11,16,19H,4H2,1-3H3. The predicted molar refractivity (Wildman–Crippen MR) is 92.5 cm³/mol. The molecule has 2 aromatic carbocycles. The largest absolute Gasteiger partial charge is 0.496 e. The molecule has 0 bridgehead atoms. The minimum absolute atomic E-state index is 0.200. The van der Waals surface area contributed by atoms with E-state index in [1.165, 1.54) is 12.1 Å². The second-order valence-electron chi connectivity index (χ2n) is 5.27. The monoisotopic (exact) mass is 353 g/mol.